The Morgan fingerprint density at radius 1 is 1.69 bits per heavy atom. The van der Waals surface area contributed by atoms with Gasteiger partial charge in [-0.05, 0) is 19.3 Å². The van der Waals surface area contributed by atoms with Crippen LogP contribution in [0.4, 0.5) is 0 Å². The molecule has 1 atom stereocenters. The average Bonchev–Trinajstić information content (AvgIpc) is 2.49. The van der Waals surface area contributed by atoms with Crippen LogP contribution in [0.3, 0.4) is 0 Å². The smallest absolute Gasteiger partial charge is 0.0951 e. The normalized spacial score (nSPS) is 19.8. The van der Waals surface area contributed by atoms with Crippen LogP contribution in [0.2, 0.25) is 0 Å². The zero-order valence-corrected chi connectivity index (χ0v) is 7.56. The molecule has 1 heterocycles. The molecule has 1 aromatic heterocycles. The van der Waals surface area contributed by atoms with Gasteiger partial charge in [-0.3, -0.25) is 0 Å². The lowest BCUT2D eigenvalue weighted by molar-refractivity contribution is 0.250. The van der Waals surface area contributed by atoms with E-state index in [4.69, 9.17) is 10.8 Å². The summed E-state index contributed by atoms with van der Waals surface area (Å²) in [5, 5.41) is 8.94. The highest BCUT2D eigenvalue weighted by Gasteiger charge is 2.22. The van der Waals surface area contributed by atoms with Crippen molar-refractivity contribution in [1.82, 2.24) is 9.55 Å². The fourth-order valence-corrected chi connectivity index (χ4v) is 1.67. The van der Waals surface area contributed by atoms with Crippen LogP contribution in [0.1, 0.15) is 37.0 Å². The molecule has 4 heteroatoms. The lowest BCUT2D eigenvalue weighted by Crippen LogP contribution is -2.24. The third-order valence-electron chi connectivity index (χ3n) is 2.74. The quantitative estimate of drug-likeness (QED) is 0.717. The molecule has 0 aromatic carbocycles. The van der Waals surface area contributed by atoms with E-state index in [0.717, 1.165) is 5.69 Å². The summed E-state index contributed by atoms with van der Waals surface area (Å²) in [7, 11) is 0. The Bertz CT molecular complexity index is 261. The molecule has 13 heavy (non-hydrogen) atoms. The van der Waals surface area contributed by atoms with Gasteiger partial charge in [0, 0.05) is 12.2 Å². The van der Waals surface area contributed by atoms with E-state index in [1.807, 2.05) is 6.33 Å². The fourth-order valence-electron chi connectivity index (χ4n) is 1.67. The fraction of sp³-hybridized carbons (Fsp3) is 0.667. The molecule has 1 aliphatic rings. The Morgan fingerprint density at radius 3 is 3.00 bits per heavy atom. The molecule has 0 saturated heterocycles. The van der Waals surface area contributed by atoms with Crippen molar-refractivity contribution in [1.29, 1.82) is 0 Å². The number of aromatic nitrogens is 2. The first-order valence-corrected chi connectivity index (χ1v) is 4.71. The summed E-state index contributed by atoms with van der Waals surface area (Å²) in [4.78, 5) is 4.07. The molecule has 1 fully saturated rings. The van der Waals surface area contributed by atoms with Crippen LogP contribution < -0.4 is 5.73 Å². The van der Waals surface area contributed by atoms with Gasteiger partial charge in [-0.25, -0.2) is 4.98 Å². The summed E-state index contributed by atoms with van der Waals surface area (Å²) in [6, 6.07) is 0.276. The van der Waals surface area contributed by atoms with Crippen molar-refractivity contribution in [2.45, 2.75) is 31.3 Å². The molecular weight excluding hydrogens is 166 g/mol. The molecule has 0 spiro atoms. The Balaban J connectivity index is 2.19. The highest BCUT2D eigenvalue weighted by atomic mass is 16.3. The number of nitrogens with zero attached hydrogens (tertiary/aromatic N) is 2. The monoisotopic (exact) mass is 181 g/mol. The summed E-state index contributed by atoms with van der Waals surface area (Å²) < 4.78 is 2.10. The van der Waals surface area contributed by atoms with Crippen LogP contribution in [0.5, 0.6) is 0 Å². The number of imidazole rings is 1. The van der Waals surface area contributed by atoms with Gasteiger partial charge in [-0.1, -0.05) is 0 Å². The molecule has 3 N–H and O–H groups in total. The largest absolute Gasteiger partial charge is 0.394 e. The zero-order chi connectivity index (χ0) is 9.26. The molecule has 1 aliphatic carbocycles. The summed E-state index contributed by atoms with van der Waals surface area (Å²) in [6.45, 7) is -0.0155. The zero-order valence-electron chi connectivity index (χ0n) is 7.56. The maximum Gasteiger partial charge on any atom is 0.0951 e. The van der Waals surface area contributed by atoms with Crippen LogP contribution in [-0.4, -0.2) is 21.3 Å². The molecule has 0 amide bonds. The SMILES string of the molecule is NC(CO)c1cncn1C1CCC1. The van der Waals surface area contributed by atoms with E-state index in [-0.39, 0.29) is 12.6 Å². The molecule has 1 unspecified atom stereocenters. The molecule has 0 radical (unpaired) electrons. The van der Waals surface area contributed by atoms with Crippen molar-refractivity contribution in [2.75, 3.05) is 6.61 Å². The van der Waals surface area contributed by atoms with Crippen molar-refractivity contribution in [3.8, 4) is 0 Å². The van der Waals surface area contributed by atoms with E-state index in [2.05, 4.69) is 9.55 Å². The minimum atomic E-state index is -0.289. The Morgan fingerprint density at radius 2 is 2.46 bits per heavy atom. The molecule has 1 saturated carbocycles. The molecule has 72 valence electrons. The van der Waals surface area contributed by atoms with Gasteiger partial charge in [-0.2, -0.15) is 0 Å². The maximum atomic E-state index is 8.94. The van der Waals surface area contributed by atoms with Crippen molar-refractivity contribution in [2.24, 2.45) is 5.73 Å². The summed E-state index contributed by atoms with van der Waals surface area (Å²) in [5.41, 5.74) is 6.70. The summed E-state index contributed by atoms with van der Waals surface area (Å²) >= 11 is 0. The average molecular weight is 181 g/mol. The van der Waals surface area contributed by atoms with E-state index >= 15 is 0 Å². The van der Waals surface area contributed by atoms with Gasteiger partial charge in [0.15, 0.2) is 0 Å². The van der Waals surface area contributed by atoms with Crippen LogP contribution in [0, 0.1) is 0 Å². The minimum Gasteiger partial charge on any atom is -0.394 e. The van der Waals surface area contributed by atoms with Crippen molar-refractivity contribution in [3.05, 3.63) is 18.2 Å². The Kier molecular flexibility index (Phi) is 2.33. The van der Waals surface area contributed by atoms with Gasteiger partial charge in [-0.15, -0.1) is 0 Å². The van der Waals surface area contributed by atoms with Gasteiger partial charge >= 0.3 is 0 Å². The standard InChI is InChI=1S/C9H15N3O/c10-8(5-13)9-4-11-6-12(9)7-2-1-3-7/h4,6-8,13H,1-3,5,10H2. The Hall–Kier alpha value is -0.870. The lowest BCUT2D eigenvalue weighted by Gasteiger charge is -2.29. The van der Waals surface area contributed by atoms with Crippen LogP contribution in [0.25, 0.3) is 0 Å². The van der Waals surface area contributed by atoms with E-state index in [0.29, 0.717) is 6.04 Å². The summed E-state index contributed by atoms with van der Waals surface area (Å²) in [6.07, 6.45) is 7.27. The number of aliphatic hydroxyl groups excluding tert-OH is 1. The van der Waals surface area contributed by atoms with Crippen LogP contribution >= 0.6 is 0 Å². The minimum absolute atomic E-state index is 0.0155. The van der Waals surface area contributed by atoms with E-state index in [1.54, 1.807) is 6.20 Å². The molecule has 4 nitrogen and oxygen atoms in total. The Labute approximate surface area is 77.4 Å². The van der Waals surface area contributed by atoms with Gasteiger partial charge in [0.05, 0.1) is 24.7 Å². The predicted molar refractivity (Wildman–Crippen MR) is 49.1 cm³/mol. The van der Waals surface area contributed by atoms with E-state index in [9.17, 15) is 0 Å². The van der Waals surface area contributed by atoms with E-state index < -0.39 is 0 Å². The van der Waals surface area contributed by atoms with Gasteiger partial charge < -0.3 is 15.4 Å². The van der Waals surface area contributed by atoms with E-state index in [1.165, 1.54) is 19.3 Å². The number of nitrogens with two attached hydrogens (primary N) is 1. The number of rotatable bonds is 3. The van der Waals surface area contributed by atoms with Crippen LogP contribution in [0.15, 0.2) is 12.5 Å². The molecule has 0 bridgehead atoms. The molecule has 2 rings (SSSR count). The topological polar surface area (TPSA) is 64.1 Å². The second kappa shape index (κ2) is 3.47. The van der Waals surface area contributed by atoms with Crippen LogP contribution in [-0.2, 0) is 0 Å². The second-order valence-electron chi connectivity index (χ2n) is 3.60. The molecule has 0 aliphatic heterocycles. The maximum absolute atomic E-state index is 8.94. The highest BCUT2D eigenvalue weighted by Crippen LogP contribution is 2.33. The predicted octanol–water partition coefficient (Wildman–Crippen LogP) is 0.600. The van der Waals surface area contributed by atoms with Gasteiger partial charge in [0.2, 0.25) is 0 Å². The van der Waals surface area contributed by atoms with Crippen molar-refractivity contribution in [3.63, 3.8) is 0 Å². The number of hydrogen-bond acceptors (Lipinski definition) is 3. The first kappa shape index (κ1) is 8.72. The highest BCUT2D eigenvalue weighted by molar-refractivity contribution is 5.07. The number of hydrogen-bond donors (Lipinski definition) is 2. The van der Waals surface area contributed by atoms with Gasteiger partial charge in [0.1, 0.15) is 0 Å². The molecular formula is C9H15N3O. The number of aliphatic hydroxyl groups is 1. The second-order valence-corrected chi connectivity index (χ2v) is 3.60. The summed E-state index contributed by atoms with van der Waals surface area (Å²) in [5.74, 6) is 0. The lowest BCUT2D eigenvalue weighted by atomic mass is 9.92. The first-order valence-electron chi connectivity index (χ1n) is 4.71. The van der Waals surface area contributed by atoms with Crippen molar-refractivity contribution < 1.29 is 5.11 Å². The molecule has 1 aromatic rings. The first-order chi connectivity index (χ1) is 6.33. The van der Waals surface area contributed by atoms with Crippen molar-refractivity contribution >= 4 is 0 Å². The third-order valence-corrected chi connectivity index (χ3v) is 2.74. The van der Waals surface area contributed by atoms with Gasteiger partial charge in [0.25, 0.3) is 0 Å². The third kappa shape index (κ3) is 1.47.